The maximum atomic E-state index is 10.9. The highest BCUT2D eigenvalue weighted by atomic mass is 16.6. The van der Waals surface area contributed by atoms with Crippen LogP contribution in [0.25, 0.3) is 0 Å². The Labute approximate surface area is 121 Å². The standard InChI is InChI=1S/C13H16N6O2/c14-16-11-7-10(1-2-12(11)19(20)21)8-17-5-6-18-4-3-15-13(18)9-17/h1-4,7,16H,5-6,8-9,14H2. The van der Waals surface area contributed by atoms with Crippen LogP contribution in [0.5, 0.6) is 0 Å². The van der Waals surface area contributed by atoms with E-state index in [0.717, 1.165) is 31.0 Å². The van der Waals surface area contributed by atoms with Crippen molar-refractivity contribution in [2.45, 2.75) is 19.6 Å². The first-order chi connectivity index (χ1) is 10.2. The van der Waals surface area contributed by atoms with Gasteiger partial charge in [0.05, 0.1) is 11.5 Å². The molecule has 0 atom stereocenters. The number of nitrogens with zero attached hydrogens (tertiary/aromatic N) is 4. The summed E-state index contributed by atoms with van der Waals surface area (Å²) in [6.45, 7) is 3.31. The summed E-state index contributed by atoms with van der Waals surface area (Å²) in [7, 11) is 0. The van der Waals surface area contributed by atoms with Gasteiger partial charge in [-0.2, -0.15) is 0 Å². The van der Waals surface area contributed by atoms with Crippen LogP contribution in [0.1, 0.15) is 11.4 Å². The number of hydrazine groups is 1. The van der Waals surface area contributed by atoms with Crippen molar-refractivity contribution < 1.29 is 4.92 Å². The predicted molar refractivity (Wildman–Crippen MR) is 77.2 cm³/mol. The Balaban J connectivity index is 1.75. The van der Waals surface area contributed by atoms with Crippen LogP contribution in [0, 0.1) is 10.1 Å². The molecule has 1 aromatic carbocycles. The smallest absolute Gasteiger partial charge is 0.293 e. The summed E-state index contributed by atoms with van der Waals surface area (Å²) >= 11 is 0. The molecule has 0 saturated heterocycles. The van der Waals surface area contributed by atoms with Gasteiger partial charge in [-0.1, -0.05) is 6.07 Å². The van der Waals surface area contributed by atoms with E-state index in [1.165, 1.54) is 6.07 Å². The lowest BCUT2D eigenvalue weighted by molar-refractivity contribution is -0.384. The van der Waals surface area contributed by atoms with Crippen LogP contribution in [0.2, 0.25) is 0 Å². The number of hydrogen-bond donors (Lipinski definition) is 2. The minimum Gasteiger partial charge on any atom is -0.333 e. The number of imidazole rings is 1. The van der Waals surface area contributed by atoms with Crippen LogP contribution in [-0.4, -0.2) is 25.9 Å². The normalized spacial score (nSPS) is 14.7. The van der Waals surface area contributed by atoms with Gasteiger partial charge < -0.3 is 9.99 Å². The molecule has 8 nitrogen and oxygen atoms in total. The summed E-state index contributed by atoms with van der Waals surface area (Å²) in [4.78, 5) is 17.0. The van der Waals surface area contributed by atoms with Crippen molar-refractivity contribution in [1.82, 2.24) is 14.5 Å². The van der Waals surface area contributed by atoms with E-state index in [9.17, 15) is 10.1 Å². The summed E-state index contributed by atoms with van der Waals surface area (Å²) in [5, 5.41) is 10.9. The number of nitrogen functional groups attached to an aromatic ring is 1. The third-order valence-corrected chi connectivity index (χ3v) is 3.64. The Morgan fingerprint density at radius 2 is 2.29 bits per heavy atom. The molecule has 21 heavy (non-hydrogen) atoms. The topological polar surface area (TPSA) is 102 Å². The quantitative estimate of drug-likeness (QED) is 0.496. The molecule has 0 radical (unpaired) electrons. The molecule has 1 aromatic heterocycles. The van der Waals surface area contributed by atoms with E-state index in [1.807, 2.05) is 6.20 Å². The third kappa shape index (κ3) is 2.71. The third-order valence-electron chi connectivity index (χ3n) is 3.64. The number of hydrogen-bond acceptors (Lipinski definition) is 6. The Morgan fingerprint density at radius 1 is 1.43 bits per heavy atom. The van der Waals surface area contributed by atoms with Gasteiger partial charge in [-0.05, 0) is 11.6 Å². The maximum Gasteiger partial charge on any atom is 0.293 e. The van der Waals surface area contributed by atoms with Gasteiger partial charge in [0.1, 0.15) is 11.5 Å². The fourth-order valence-corrected chi connectivity index (χ4v) is 2.57. The molecule has 0 fully saturated rings. The molecule has 0 spiro atoms. The van der Waals surface area contributed by atoms with E-state index in [2.05, 4.69) is 19.9 Å². The number of rotatable bonds is 4. The monoisotopic (exact) mass is 288 g/mol. The molecule has 1 aliphatic heterocycles. The minimum atomic E-state index is -0.448. The molecule has 2 aromatic rings. The van der Waals surface area contributed by atoms with Gasteiger partial charge in [-0.25, -0.2) is 4.98 Å². The summed E-state index contributed by atoms with van der Waals surface area (Å²) in [6.07, 6.45) is 3.79. The predicted octanol–water partition coefficient (Wildman–Crippen LogP) is 1.09. The van der Waals surface area contributed by atoms with E-state index in [1.54, 1.807) is 18.3 Å². The van der Waals surface area contributed by atoms with E-state index in [4.69, 9.17) is 5.84 Å². The van der Waals surface area contributed by atoms with Crippen molar-refractivity contribution in [2.75, 3.05) is 12.0 Å². The zero-order valence-corrected chi connectivity index (χ0v) is 11.4. The molecule has 0 amide bonds. The van der Waals surface area contributed by atoms with Crippen molar-refractivity contribution in [3.8, 4) is 0 Å². The second-order valence-electron chi connectivity index (χ2n) is 5.00. The van der Waals surface area contributed by atoms with Crippen molar-refractivity contribution >= 4 is 11.4 Å². The molecule has 3 rings (SSSR count). The summed E-state index contributed by atoms with van der Waals surface area (Å²) in [6, 6.07) is 4.97. The number of nitrogens with two attached hydrogens (primary N) is 1. The molecular formula is C13H16N6O2. The average Bonchev–Trinajstić information content (AvgIpc) is 2.94. The van der Waals surface area contributed by atoms with Gasteiger partial charge in [0.2, 0.25) is 0 Å². The molecular weight excluding hydrogens is 272 g/mol. The van der Waals surface area contributed by atoms with Crippen molar-refractivity contribution in [2.24, 2.45) is 5.84 Å². The zero-order valence-electron chi connectivity index (χ0n) is 11.4. The Morgan fingerprint density at radius 3 is 3.05 bits per heavy atom. The first-order valence-corrected chi connectivity index (χ1v) is 6.63. The molecule has 2 heterocycles. The van der Waals surface area contributed by atoms with Crippen LogP contribution in [0.3, 0.4) is 0 Å². The first kappa shape index (κ1) is 13.5. The SMILES string of the molecule is NNc1cc(CN2CCn3ccnc3C2)ccc1[N+](=O)[O-]. The number of nitro groups is 1. The Kier molecular flexibility index (Phi) is 3.55. The number of fused-ring (bicyclic) bond motifs is 1. The molecule has 0 saturated carbocycles. The highest BCUT2D eigenvalue weighted by Gasteiger charge is 2.18. The number of benzene rings is 1. The average molecular weight is 288 g/mol. The molecule has 3 N–H and O–H groups in total. The second kappa shape index (κ2) is 5.51. The van der Waals surface area contributed by atoms with E-state index >= 15 is 0 Å². The van der Waals surface area contributed by atoms with Crippen molar-refractivity contribution in [1.29, 1.82) is 0 Å². The second-order valence-corrected chi connectivity index (χ2v) is 5.00. The lowest BCUT2D eigenvalue weighted by Crippen LogP contribution is -2.33. The highest BCUT2D eigenvalue weighted by Crippen LogP contribution is 2.25. The van der Waals surface area contributed by atoms with Crippen LogP contribution in [-0.2, 0) is 19.6 Å². The van der Waals surface area contributed by atoms with Crippen molar-refractivity contribution in [3.05, 3.63) is 52.1 Å². The van der Waals surface area contributed by atoms with Gasteiger partial charge >= 0.3 is 0 Å². The van der Waals surface area contributed by atoms with Gasteiger partial charge in [-0.3, -0.25) is 20.9 Å². The Bertz CT molecular complexity index is 668. The van der Waals surface area contributed by atoms with Gasteiger partial charge in [0.15, 0.2) is 0 Å². The molecule has 0 unspecified atom stereocenters. The summed E-state index contributed by atoms with van der Waals surface area (Å²) in [5.41, 5.74) is 3.68. The van der Waals surface area contributed by atoms with Crippen molar-refractivity contribution in [3.63, 3.8) is 0 Å². The number of anilines is 1. The first-order valence-electron chi connectivity index (χ1n) is 6.63. The van der Waals surface area contributed by atoms with E-state index in [-0.39, 0.29) is 5.69 Å². The number of nitro benzene ring substituents is 1. The van der Waals surface area contributed by atoms with E-state index in [0.29, 0.717) is 12.2 Å². The summed E-state index contributed by atoms with van der Waals surface area (Å²) in [5.74, 6) is 6.40. The van der Waals surface area contributed by atoms with Crippen LogP contribution in [0.4, 0.5) is 11.4 Å². The Hall–Kier alpha value is -2.45. The van der Waals surface area contributed by atoms with E-state index < -0.39 is 4.92 Å². The molecule has 0 aliphatic carbocycles. The van der Waals surface area contributed by atoms with Crippen LogP contribution in [0.15, 0.2) is 30.6 Å². The van der Waals surface area contributed by atoms with Gasteiger partial charge in [0.25, 0.3) is 5.69 Å². The molecule has 0 bridgehead atoms. The van der Waals surface area contributed by atoms with Gasteiger partial charge in [0, 0.05) is 38.1 Å². The van der Waals surface area contributed by atoms with Crippen LogP contribution < -0.4 is 11.3 Å². The lowest BCUT2D eigenvalue weighted by atomic mass is 10.1. The van der Waals surface area contributed by atoms with Gasteiger partial charge in [-0.15, -0.1) is 0 Å². The minimum absolute atomic E-state index is 0.0181. The number of nitrogens with one attached hydrogen (secondary N) is 1. The molecule has 110 valence electrons. The van der Waals surface area contributed by atoms with Crippen LogP contribution >= 0.6 is 0 Å². The molecule has 1 aliphatic rings. The fraction of sp³-hybridized carbons (Fsp3) is 0.308. The summed E-state index contributed by atoms with van der Waals surface area (Å²) < 4.78 is 2.14. The number of aromatic nitrogens is 2. The molecule has 8 heteroatoms. The fourth-order valence-electron chi connectivity index (χ4n) is 2.57. The zero-order chi connectivity index (χ0) is 14.8. The lowest BCUT2D eigenvalue weighted by Gasteiger charge is -2.27. The largest absolute Gasteiger partial charge is 0.333 e. The highest BCUT2D eigenvalue weighted by molar-refractivity contribution is 5.62. The maximum absolute atomic E-state index is 10.9.